The minimum atomic E-state index is -0.417. The molecule has 130 valence electrons. The third kappa shape index (κ3) is 4.46. The first kappa shape index (κ1) is 18.2. The highest BCUT2D eigenvalue weighted by molar-refractivity contribution is 7.13. The first-order valence-corrected chi connectivity index (χ1v) is 8.44. The van der Waals surface area contributed by atoms with E-state index in [4.69, 9.17) is 15.2 Å². The number of benzene rings is 1. The van der Waals surface area contributed by atoms with Crippen LogP contribution in [-0.2, 0) is 11.2 Å². The Hall–Kier alpha value is -2.12. The monoisotopic (exact) mass is 349 g/mol. The van der Waals surface area contributed by atoms with Crippen molar-refractivity contribution in [1.29, 1.82) is 0 Å². The van der Waals surface area contributed by atoms with E-state index in [1.165, 1.54) is 11.3 Å². The molecule has 7 heteroatoms. The third-order valence-corrected chi connectivity index (χ3v) is 4.45. The van der Waals surface area contributed by atoms with Crippen molar-refractivity contribution >= 4 is 17.2 Å². The standard InChI is InChI=1S/C17H23N3O3S/c1-17(2,10-18)20-15(21)8-12-9-24-16(19-12)11-5-6-13(22-3)14(7-11)23-4/h5-7,9H,8,10,18H2,1-4H3,(H,20,21). The van der Waals surface area contributed by atoms with Gasteiger partial charge in [0.15, 0.2) is 11.5 Å². The Morgan fingerprint density at radius 2 is 2.00 bits per heavy atom. The van der Waals surface area contributed by atoms with Gasteiger partial charge in [0, 0.05) is 23.0 Å². The zero-order valence-electron chi connectivity index (χ0n) is 14.4. The number of hydrogen-bond donors (Lipinski definition) is 2. The number of aromatic nitrogens is 1. The topological polar surface area (TPSA) is 86.5 Å². The Morgan fingerprint density at radius 3 is 2.62 bits per heavy atom. The van der Waals surface area contributed by atoms with Crippen molar-refractivity contribution in [2.24, 2.45) is 5.73 Å². The lowest BCUT2D eigenvalue weighted by molar-refractivity contribution is -0.121. The summed E-state index contributed by atoms with van der Waals surface area (Å²) in [6.45, 7) is 4.16. The zero-order chi connectivity index (χ0) is 17.7. The van der Waals surface area contributed by atoms with Crippen LogP contribution in [-0.4, -0.2) is 37.2 Å². The molecule has 6 nitrogen and oxygen atoms in total. The average Bonchev–Trinajstić information content (AvgIpc) is 3.01. The summed E-state index contributed by atoms with van der Waals surface area (Å²) in [7, 11) is 3.19. The minimum Gasteiger partial charge on any atom is -0.493 e. The first-order valence-electron chi connectivity index (χ1n) is 7.56. The predicted octanol–water partition coefficient (Wildman–Crippen LogP) is 2.22. The van der Waals surface area contributed by atoms with Gasteiger partial charge in [-0.05, 0) is 32.0 Å². The summed E-state index contributed by atoms with van der Waals surface area (Å²) in [5.41, 5.74) is 6.87. The summed E-state index contributed by atoms with van der Waals surface area (Å²) >= 11 is 1.49. The van der Waals surface area contributed by atoms with Gasteiger partial charge in [0.05, 0.1) is 26.3 Å². The first-order chi connectivity index (χ1) is 11.4. The van der Waals surface area contributed by atoms with Crippen LogP contribution < -0.4 is 20.5 Å². The molecule has 0 unspecified atom stereocenters. The SMILES string of the molecule is COc1ccc(-c2nc(CC(=O)NC(C)(C)CN)cs2)cc1OC. The number of carbonyl (C=O) groups is 1. The van der Waals surface area contributed by atoms with E-state index in [9.17, 15) is 4.79 Å². The van der Waals surface area contributed by atoms with Gasteiger partial charge in [-0.3, -0.25) is 4.79 Å². The maximum Gasteiger partial charge on any atom is 0.226 e. The lowest BCUT2D eigenvalue weighted by Crippen LogP contribution is -2.49. The number of nitrogens with one attached hydrogen (secondary N) is 1. The largest absolute Gasteiger partial charge is 0.493 e. The number of methoxy groups -OCH3 is 2. The molecule has 1 amide bonds. The Balaban J connectivity index is 2.12. The lowest BCUT2D eigenvalue weighted by atomic mass is 10.1. The van der Waals surface area contributed by atoms with Crippen LogP contribution in [0.3, 0.4) is 0 Å². The van der Waals surface area contributed by atoms with Crippen LogP contribution in [0.15, 0.2) is 23.6 Å². The van der Waals surface area contributed by atoms with Gasteiger partial charge in [0.2, 0.25) is 5.91 Å². The molecule has 0 fully saturated rings. The van der Waals surface area contributed by atoms with Crippen molar-refractivity contribution in [3.63, 3.8) is 0 Å². The maximum atomic E-state index is 12.1. The van der Waals surface area contributed by atoms with E-state index in [-0.39, 0.29) is 12.3 Å². The van der Waals surface area contributed by atoms with Crippen molar-refractivity contribution in [2.75, 3.05) is 20.8 Å². The van der Waals surface area contributed by atoms with Crippen LogP contribution in [0.5, 0.6) is 11.5 Å². The van der Waals surface area contributed by atoms with Gasteiger partial charge in [-0.25, -0.2) is 4.98 Å². The van der Waals surface area contributed by atoms with Crippen LogP contribution >= 0.6 is 11.3 Å². The Kier molecular flexibility index (Phi) is 5.80. The van der Waals surface area contributed by atoms with Gasteiger partial charge >= 0.3 is 0 Å². The number of rotatable bonds is 7. The fourth-order valence-corrected chi connectivity index (χ4v) is 2.94. The molecular weight excluding hydrogens is 326 g/mol. The summed E-state index contributed by atoms with van der Waals surface area (Å²) < 4.78 is 10.5. The molecule has 1 heterocycles. The molecule has 0 bridgehead atoms. The van der Waals surface area contributed by atoms with Crippen LogP contribution in [0.2, 0.25) is 0 Å². The van der Waals surface area contributed by atoms with Gasteiger partial charge in [-0.2, -0.15) is 0 Å². The highest BCUT2D eigenvalue weighted by atomic mass is 32.1. The molecule has 24 heavy (non-hydrogen) atoms. The van der Waals surface area contributed by atoms with Gasteiger partial charge < -0.3 is 20.5 Å². The van der Waals surface area contributed by atoms with Crippen molar-refractivity contribution < 1.29 is 14.3 Å². The number of ether oxygens (including phenoxy) is 2. The number of amides is 1. The minimum absolute atomic E-state index is 0.0883. The molecule has 0 radical (unpaired) electrons. The van der Waals surface area contributed by atoms with Gasteiger partial charge in [-0.1, -0.05) is 0 Å². The molecule has 1 aromatic carbocycles. The molecule has 0 spiro atoms. The summed E-state index contributed by atoms with van der Waals surface area (Å²) in [5.74, 6) is 1.23. The number of nitrogens with two attached hydrogens (primary N) is 1. The molecule has 3 N–H and O–H groups in total. The summed E-state index contributed by atoms with van der Waals surface area (Å²) in [6.07, 6.45) is 0.229. The van der Waals surface area contributed by atoms with Crippen molar-refractivity contribution in [1.82, 2.24) is 10.3 Å². The zero-order valence-corrected chi connectivity index (χ0v) is 15.2. The van der Waals surface area contributed by atoms with E-state index in [2.05, 4.69) is 10.3 Å². The Bertz CT molecular complexity index is 713. The van der Waals surface area contributed by atoms with E-state index >= 15 is 0 Å². The molecule has 0 aliphatic carbocycles. The molecule has 0 atom stereocenters. The summed E-state index contributed by atoms with van der Waals surface area (Å²) in [4.78, 5) is 16.6. The highest BCUT2D eigenvalue weighted by Crippen LogP contribution is 2.33. The number of carbonyl (C=O) groups excluding carboxylic acids is 1. The van der Waals surface area contributed by atoms with Crippen LogP contribution in [0.25, 0.3) is 10.6 Å². The molecule has 0 aliphatic rings. The van der Waals surface area contributed by atoms with Gasteiger partial charge in [0.25, 0.3) is 0 Å². The Labute approximate surface area is 146 Å². The molecule has 0 saturated carbocycles. The third-order valence-electron chi connectivity index (χ3n) is 3.51. The fraction of sp³-hybridized carbons (Fsp3) is 0.412. The van der Waals surface area contributed by atoms with Crippen LogP contribution in [0.4, 0.5) is 0 Å². The van der Waals surface area contributed by atoms with Crippen molar-refractivity contribution in [2.45, 2.75) is 25.8 Å². The smallest absolute Gasteiger partial charge is 0.226 e. The summed E-state index contributed by atoms with van der Waals surface area (Å²) in [6, 6.07) is 5.63. The molecule has 0 saturated heterocycles. The maximum absolute atomic E-state index is 12.1. The molecule has 2 rings (SSSR count). The summed E-state index contributed by atoms with van der Waals surface area (Å²) in [5, 5.41) is 5.62. The second kappa shape index (κ2) is 7.63. The molecule has 0 aliphatic heterocycles. The number of nitrogens with zero attached hydrogens (tertiary/aromatic N) is 1. The van der Waals surface area contributed by atoms with E-state index in [1.54, 1.807) is 14.2 Å². The second-order valence-corrected chi connectivity index (χ2v) is 6.88. The van der Waals surface area contributed by atoms with Gasteiger partial charge in [-0.15, -0.1) is 11.3 Å². The molecular formula is C17H23N3O3S. The fourth-order valence-electron chi connectivity index (χ4n) is 2.13. The Morgan fingerprint density at radius 1 is 1.29 bits per heavy atom. The van der Waals surface area contributed by atoms with E-state index < -0.39 is 5.54 Å². The van der Waals surface area contributed by atoms with Crippen molar-refractivity contribution in [3.05, 3.63) is 29.3 Å². The molecule has 1 aromatic heterocycles. The second-order valence-electron chi connectivity index (χ2n) is 6.03. The average molecular weight is 349 g/mol. The van der Waals surface area contributed by atoms with E-state index in [1.807, 2.05) is 37.4 Å². The van der Waals surface area contributed by atoms with Crippen LogP contribution in [0.1, 0.15) is 19.5 Å². The lowest BCUT2D eigenvalue weighted by Gasteiger charge is -2.23. The normalized spacial score (nSPS) is 11.2. The van der Waals surface area contributed by atoms with Gasteiger partial charge in [0.1, 0.15) is 5.01 Å². The number of hydrogen-bond acceptors (Lipinski definition) is 6. The van der Waals surface area contributed by atoms with Crippen molar-refractivity contribution in [3.8, 4) is 22.1 Å². The van der Waals surface area contributed by atoms with E-state index in [0.29, 0.717) is 18.0 Å². The quantitative estimate of drug-likeness (QED) is 0.800. The van der Waals surface area contributed by atoms with E-state index in [0.717, 1.165) is 16.3 Å². The predicted molar refractivity (Wildman–Crippen MR) is 95.6 cm³/mol. The molecule has 2 aromatic rings. The highest BCUT2D eigenvalue weighted by Gasteiger charge is 2.19. The van der Waals surface area contributed by atoms with Crippen LogP contribution in [0, 0.1) is 0 Å². The number of thiazole rings is 1.